The van der Waals surface area contributed by atoms with Crippen LogP contribution in [-0.2, 0) is 0 Å². The fourth-order valence-corrected chi connectivity index (χ4v) is 1.67. The van der Waals surface area contributed by atoms with E-state index in [0.717, 1.165) is 0 Å². The summed E-state index contributed by atoms with van der Waals surface area (Å²) in [5, 5.41) is 0. The van der Waals surface area contributed by atoms with Crippen LogP contribution in [0.5, 0.6) is 5.75 Å². The molecule has 0 spiro atoms. The highest BCUT2D eigenvalue weighted by Crippen LogP contribution is 2.36. The maximum absolute atomic E-state index is 13.7. The van der Waals surface area contributed by atoms with E-state index < -0.39 is 0 Å². The lowest BCUT2D eigenvalue weighted by atomic mass is 10.0. The molecule has 0 heterocycles. The van der Waals surface area contributed by atoms with Gasteiger partial charge in [-0.1, -0.05) is 24.3 Å². The lowest BCUT2D eigenvalue weighted by Crippen LogP contribution is -1.95. The number of benzene rings is 2. The van der Waals surface area contributed by atoms with E-state index in [1.54, 1.807) is 43.5 Å². The number of methoxy groups -OCH3 is 1. The van der Waals surface area contributed by atoms with E-state index in [9.17, 15) is 4.39 Å². The van der Waals surface area contributed by atoms with Crippen molar-refractivity contribution >= 4 is 5.69 Å². The van der Waals surface area contributed by atoms with Crippen molar-refractivity contribution in [2.75, 3.05) is 12.8 Å². The normalized spacial score (nSPS) is 10.1. The second-order valence-corrected chi connectivity index (χ2v) is 3.40. The first-order valence-corrected chi connectivity index (χ1v) is 4.91. The Labute approximate surface area is 93.5 Å². The third kappa shape index (κ3) is 1.72. The van der Waals surface area contributed by atoms with E-state index in [1.807, 2.05) is 0 Å². The average molecular weight is 217 g/mol. The molecule has 0 bridgehead atoms. The van der Waals surface area contributed by atoms with Gasteiger partial charge in [0.2, 0.25) is 0 Å². The van der Waals surface area contributed by atoms with Crippen molar-refractivity contribution in [1.29, 1.82) is 0 Å². The molecule has 0 radical (unpaired) electrons. The monoisotopic (exact) mass is 217 g/mol. The molecule has 0 fully saturated rings. The highest BCUT2D eigenvalue weighted by atomic mass is 19.1. The number of nitrogens with two attached hydrogens (primary N) is 1. The van der Waals surface area contributed by atoms with Gasteiger partial charge in [-0.2, -0.15) is 0 Å². The summed E-state index contributed by atoms with van der Waals surface area (Å²) in [4.78, 5) is 0. The Morgan fingerprint density at radius 2 is 1.81 bits per heavy atom. The van der Waals surface area contributed by atoms with Gasteiger partial charge in [0.25, 0.3) is 0 Å². The van der Waals surface area contributed by atoms with Gasteiger partial charge in [0.05, 0.1) is 7.11 Å². The SMILES string of the molecule is COc1cccc(N)c1-c1ccccc1F. The van der Waals surface area contributed by atoms with Gasteiger partial charge in [0.15, 0.2) is 0 Å². The van der Waals surface area contributed by atoms with Gasteiger partial charge in [-0.05, 0) is 18.2 Å². The molecule has 0 atom stereocenters. The maximum atomic E-state index is 13.7. The van der Waals surface area contributed by atoms with Crippen LogP contribution in [0.4, 0.5) is 10.1 Å². The van der Waals surface area contributed by atoms with E-state index >= 15 is 0 Å². The summed E-state index contributed by atoms with van der Waals surface area (Å²) in [6, 6.07) is 11.8. The third-order valence-electron chi connectivity index (χ3n) is 2.42. The Kier molecular flexibility index (Phi) is 2.77. The van der Waals surface area contributed by atoms with E-state index in [0.29, 0.717) is 22.6 Å². The van der Waals surface area contributed by atoms with Gasteiger partial charge in [-0.25, -0.2) is 4.39 Å². The second kappa shape index (κ2) is 4.23. The Hall–Kier alpha value is -2.03. The highest BCUT2D eigenvalue weighted by Gasteiger charge is 2.12. The van der Waals surface area contributed by atoms with Crippen LogP contribution in [0.2, 0.25) is 0 Å². The fourth-order valence-electron chi connectivity index (χ4n) is 1.67. The molecular weight excluding hydrogens is 205 g/mol. The number of rotatable bonds is 2. The number of hydrogen-bond donors (Lipinski definition) is 1. The largest absolute Gasteiger partial charge is 0.496 e. The summed E-state index contributed by atoms with van der Waals surface area (Å²) in [6.07, 6.45) is 0. The molecular formula is C13H12FNO. The molecule has 2 N–H and O–H groups in total. The molecule has 3 heteroatoms. The molecule has 2 nitrogen and oxygen atoms in total. The van der Waals surface area contributed by atoms with Crippen LogP contribution in [0.25, 0.3) is 11.1 Å². The maximum Gasteiger partial charge on any atom is 0.131 e. The molecule has 0 amide bonds. The highest BCUT2D eigenvalue weighted by molar-refractivity contribution is 5.82. The van der Waals surface area contributed by atoms with Gasteiger partial charge >= 0.3 is 0 Å². The third-order valence-corrected chi connectivity index (χ3v) is 2.42. The minimum atomic E-state index is -0.307. The molecule has 16 heavy (non-hydrogen) atoms. The zero-order valence-electron chi connectivity index (χ0n) is 8.91. The Morgan fingerprint density at radius 1 is 1.06 bits per heavy atom. The molecule has 2 rings (SSSR count). The summed E-state index contributed by atoms with van der Waals surface area (Å²) in [5.41, 5.74) is 7.41. The van der Waals surface area contributed by atoms with Gasteiger partial charge in [-0.3, -0.25) is 0 Å². The topological polar surface area (TPSA) is 35.2 Å². The van der Waals surface area contributed by atoms with Crippen molar-refractivity contribution in [2.24, 2.45) is 0 Å². The summed E-state index contributed by atoms with van der Waals surface area (Å²) >= 11 is 0. The van der Waals surface area contributed by atoms with Crippen LogP contribution >= 0.6 is 0 Å². The van der Waals surface area contributed by atoms with Crippen LogP contribution in [0.1, 0.15) is 0 Å². The van der Waals surface area contributed by atoms with E-state index in [4.69, 9.17) is 10.5 Å². The molecule has 82 valence electrons. The van der Waals surface area contributed by atoms with Crippen molar-refractivity contribution in [3.05, 3.63) is 48.3 Å². The van der Waals surface area contributed by atoms with Crippen molar-refractivity contribution in [3.63, 3.8) is 0 Å². The molecule has 2 aromatic carbocycles. The van der Waals surface area contributed by atoms with Crippen LogP contribution in [0, 0.1) is 5.82 Å². The predicted molar refractivity (Wildman–Crippen MR) is 62.8 cm³/mol. The summed E-state index contributed by atoms with van der Waals surface area (Å²) in [7, 11) is 1.54. The summed E-state index contributed by atoms with van der Waals surface area (Å²) in [6.45, 7) is 0. The van der Waals surface area contributed by atoms with Crippen molar-refractivity contribution in [3.8, 4) is 16.9 Å². The van der Waals surface area contributed by atoms with Crippen molar-refractivity contribution < 1.29 is 9.13 Å². The fraction of sp³-hybridized carbons (Fsp3) is 0.0769. The first-order chi connectivity index (χ1) is 7.74. The Morgan fingerprint density at radius 3 is 2.50 bits per heavy atom. The van der Waals surface area contributed by atoms with E-state index in [2.05, 4.69) is 0 Å². The molecule has 0 saturated heterocycles. The zero-order valence-corrected chi connectivity index (χ0v) is 8.91. The number of anilines is 1. The van der Waals surface area contributed by atoms with Gasteiger partial charge in [0, 0.05) is 16.8 Å². The van der Waals surface area contributed by atoms with Crippen LogP contribution < -0.4 is 10.5 Å². The van der Waals surface area contributed by atoms with Gasteiger partial charge in [0.1, 0.15) is 11.6 Å². The second-order valence-electron chi connectivity index (χ2n) is 3.40. The van der Waals surface area contributed by atoms with Crippen molar-refractivity contribution in [2.45, 2.75) is 0 Å². The Bertz CT molecular complexity index is 511. The molecule has 0 saturated carbocycles. The molecule has 0 aliphatic heterocycles. The smallest absolute Gasteiger partial charge is 0.131 e. The molecule has 2 aromatic rings. The predicted octanol–water partition coefficient (Wildman–Crippen LogP) is 3.08. The number of halogens is 1. The Balaban J connectivity index is 2.68. The standard InChI is InChI=1S/C13H12FNO/c1-16-12-8-4-7-11(15)13(12)9-5-2-3-6-10(9)14/h2-8H,15H2,1H3. The number of hydrogen-bond acceptors (Lipinski definition) is 2. The lowest BCUT2D eigenvalue weighted by Gasteiger charge is -2.11. The van der Waals surface area contributed by atoms with Crippen LogP contribution in [0.15, 0.2) is 42.5 Å². The van der Waals surface area contributed by atoms with E-state index in [1.165, 1.54) is 6.07 Å². The zero-order chi connectivity index (χ0) is 11.5. The lowest BCUT2D eigenvalue weighted by molar-refractivity contribution is 0.416. The number of nitrogen functional groups attached to an aromatic ring is 1. The van der Waals surface area contributed by atoms with Gasteiger partial charge in [-0.15, -0.1) is 0 Å². The summed E-state index contributed by atoms with van der Waals surface area (Å²) < 4.78 is 18.8. The first kappa shape index (κ1) is 10.5. The van der Waals surface area contributed by atoms with Crippen molar-refractivity contribution in [1.82, 2.24) is 0 Å². The molecule has 0 aromatic heterocycles. The summed E-state index contributed by atoms with van der Waals surface area (Å²) in [5.74, 6) is 0.267. The van der Waals surface area contributed by atoms with E-state index in [-0.39, 0.29) is 5.82 Å². The minimum Gasteiger partial charge on any atom is -0.496 e. The molecule has 0 aliphatic rings. The average Bonchev–Trinajstić information content (AvgIpc) is 2.30. The number of ether oxygens (including phenoxy) is 1. The first-order valence-electron chi connectivity index (χ1n) is 4.91. The van der Waals surface area contributed by atoms with Gasteiger partial charge < -0.3 is 10.5 Å². The minimum absolute atomic E-state index is 0.307. The molecule has 0 unspecified atom stereocenters. The quantitative estimate of drug-likeness (QED) is 0.784. The molecule has 0 aliphatic carbocycles. The van der Waals surface area contributed by atoms with Crippen LogP contribution in [0.3, 0.4) is 0 Å². The van der Waals surface area contributed by atoms with Crippen LogP contribution in [-0.4, -0.2) is 7.11 Å².